The van der Waals surface area contributed by atoms with Gasteiger partial charge in [0, 0.05) is 24.8 Å². The molecule has 0 spiro atoms. The van der Waals surface area contributed by atoms with E-state index in [9.17, 15) is 14.3 Å². The molecule has 6 nitrogen and oxygen atoms in total. The average Bonchev–Trinajstić information content (AvgIpc) is 3.23. The van der Waals surface area contributed by atoms with Crippen LogP contribution >= 0.6 is 11.3 Å². The second kappa shape index (κ2) is 12.0. The summed E-state index contributed by atoms with van der Waals surface area (Å²) in [6.45, 7) is 1.67. The van der Waals surface area contributed by atoms with Crippen molar-refractivity contribution < 1.29 is 19.0 Å². The fourth-order valence-electron chi connectivity index (χ4n) is 2.91. The Balaban J connectivity index is 1.22. The van der Waals surface area contributed by atoms with Crippen molar-refractivity contribution >= 4 is 22.4 Å². The van der Waals surface area contributed by atoms with Gasteiger partial charge in [-0.25, -0.2) is 9.37 Å². The zero-order valence-electron chi connectivity index (χ0n) is 17.1. The molecule has 0 radical (unpaired) electrons. The number of rotatable bonds is 12. The molecule has 1 heterocycles. The van der Waals surface area contributed by atoms with E-state index in [1.165, 1.54) is 23.5 Å². The maximum Gasteiger partial charge on any atom is 0.246 e. The molecule has 0 saturated heterocycles. The molecule has 0 aliphatic carbocycles. The molecule has 0 atom stereocenters. The lowest BCUT2D eigenvalue weighted by molar-refractivity contribution is -0.126. The quantitative estimate of drug-likeness (QED) is 0.357. The van der Waals surface area contributed by atoms with E-state index >= 15 is 0 Å². The van der Waals surface area contributed by atoms with Crippen LogP contribution in [0.4, 0.5) is 9.52 Å². The average molecular weight is 444 g/mol. The molecule has 0 aliphatic rings. The van der Waals surface area contributed by atoms with Gasteiger partial charge in [0.1, 0.15) is 18.2 Å². The minimum Gasteiger partial charge on any atom is -0.507 e. The Labute approximate surface area is 185 Å². The third-order valence-electron chi connectivity index (χ3n) is 4.54. The van der Waals surface area contributed by atoms with Crippen molar-refractivity contribution in [3.05, 3.63) is 66.1 Å². The van der Waals surface area contributed by atoms with Gasteiger partial charge in [0.15, 0.2) is 5.13 Å². The van der Waals surface area contributed by atoms with Crippen molar-refractivity contribution in [3.8, 4) is 16.2 Å². The molecule has 3 aromatic rings. The first-order valence-corrected chi connectivity index (χ1v) is 11.0. The molecule has 0 fully saturated rings. The van der Waals surface area contributed by atoms with E-state index in [-0.39, 0.29) is 30.7 Å². The van der Waals surface area contributed by atoms with Gasteiger partial charge >= 0.3 is 0 Å². The van der Waals surface area contributed by atoms with E-state index < -0.39 is 0 Å². The van der Waals surface area contributed by atoms with Crippen LogP contribution in [-0.2, 0) is 16.1 Å². The van der Waals surface area contributed by atoms with E-state index in [4.69, 9.17) is 4.74 Å². The van der Waals surface area contributed by atoms with Crippen LogP contribution in [0.3, 0.4) is 0 Å². The van der Waals surface area contributed by atoms with Crippen LogP contribution < -0.4 is 10.6 Å². The van der Waals surface area contributed by atoms with Crippen molar-refractivity contribution in [3.63, 3.8) is 0 Å². The lowest BCUT2D eigenvalue weighted by atomic mass is 10.2. The Hall–Kier alpha value is -2.97. The molecular weight excluding hydrogens is 417 g/mol. The van der Waals surface area contributed by atoms with E-state index in [2.05, 4.69) is 15.6 Å². The zero-order valence-corrected chi connectivity index (χ0v) is 18.0. The largest absolute Gasteiger partial charge is 0.507 e. The molecule has 0 saturated carbocycles. The number of unbranched alkanes of at least 4 members (excludes halogenated alkanes) is 2. The lowest BCUT2D eigenvalue weighted by Gasteiger charge is -2.07. The molecule has 0 unspecified atom stereocenters. The molecule has 1 amide bonds. The minimum absolute atomic E-state index is 0.0116. The van der Waals surface area contributed by atoms with Crippen LogP contribution in [0.1, 0.15) is 24.8 Å². The first kappa shape index (κ1) is 22.7. The van der Waals surface area contributed by atoms with Crippen LogP contribution in [0.5, 0.6) is 5.75 Å². The number of hydrogen-bond acceptors (Lipinski definition) is 6. The number of thiazole rings is 1. The summed E-state index contributed by atoms with van der Waals surface area (Å²) in [5.41, 5.74) is 1.61. The standard InChI is InChI=1S/C23H26FN3O3S/c24-18-10-8-17(9-11-18)15-30-16-22(29)25-12-4-1-5-13-26-23-27-14-21(31-23)19-6-2-3-7-20(19)28/h2-3,6-11,14,28H,1,4-5,12-13,15-16H2,(H,25,29)(H,26,27). The third kappa shape index (κ3) is 7.66. The van der Waals surface area contributed by atoms with Gasteiger partial charge in [-0.3, -0.25) is 4.79 Å². The van der Waals surface area contributed by atoms with Gasteiger partial charge in [-0.05, 0) is 49.1 Å². The first-order chi connectivity index (χ1) is 15.1. The zero-order chi connectivity index (χ0) is 21.9. The van der Waals surface area contributed by atoms with E-state index in [1.807, 2.05) is 12.1 Å². The van der Waals surface area contributed by atoms with Gasteiger partial charge in [0.05, 0.1) is 11.5 Å². The number of halogens is 1. The first-order valence-electron chi connectivity index (χ1n) is 10.2. The summed E-state index contributed by atoms with van der Waals surface area (Å²) >= 11 is 1.51. The van der Waals surface area contributed by atoms with Gasteiger partial charge in [0.2, 0.25) is 5.91 Å². The number of carbonyl (C=O) groups is 1. The fourth-order valence-corrected chi connectivity index (χ4v) is 3.78. The molecule has 2 aromatic carbocycles. The summed E-state index contributed by atoms with van der Waals surface area (Å²) in [7, 11) is 0. The highest BCUT2D eigenvalue weighted by Gasteiger charge is 2.08. The highest BCUT2D eigenvalue weighted by Crippen LogP contribution is 2.34. The fraction of sp³-hybridized carbons (Fsp3) is 0.304. The minimum atomic E-state index is -0.291. The number of phenols is 1. The van der Waals surface area contributed by atoms with E-state index in [0.29, 0.717) is 6.54 Å². The van der Waals surface area contributed by atoms with Crippen LogP contribution in [0.2, 0.25) is 0 Å². The maximum atomic E-state index is 12.8. The molecule has 31 heavy (non-hydrogen) atoms. The van der Waals surface area contributed by atoms with Crippen LogP contribution in [0.15, 0.2) is 54.7 Å². The summed E-state index contributed by atoms with van der Waals surface area (Å²) in [6, 6.07) is 13.2. The predicted octanol–water partition coefficient (Wildman–Crippen LogP) is 4.57. The van der Waals surface area contributed by atoms with Crippen LogP contribution in [0, 0.1) is 5.82 Å². The number of aromatic hydroxyl groups is 1. The molecular formula is C23H26FN3O3S. The number of nitrogens with one attached hydrogen (secondary N) is 2. The third-order valence-corrected chi connectivity index (χ3v) is 5.53. The Morgan fingerprint density at radius 3 is 2.65 bits per heavy atom. The lowest BCUT2D eigenvalue weighted by Crippen LogP contribution is -2.28. The Bertz CT molecular complexity index is 963. The molecule has 3 N–H and O–H groups in total. The van der Waals surface area contributed by atoms with Crippen molar-refractivity contribution in [2.45, 2.75) is 25.9 Å². The van der Waals surface area contributed by atoms with Gasteiger partial charge < -0.3 is 20.5 Å². The Kier molecular flexibility index (Phi) is 8.81. The van der Waals surface area contributed by atoms with Crippen LogP contribution in [-0.4, -0.2) is 35.7 Å². The Morgan fingerprint density at radius 2 is 1.84 bits per heavy atom. The van der Waals surface area contributed by atoms with Crippen LogP contribution in [0.25, 0.3) is 10.4 Å². The second-order valence-electron chi connectivity index (χ2n) is 7.00. The molecule has 164 valence electrons. The van der Waals surface area contributed by atoms with Gasteiger partial charge in [-0.1, -0.05) is 35.6 Å². The molecule has 8 heteroatoms. The number of ether oxygens (including phenoxy) is 1. The smallest absolute Gasteiger partial charge is 0.246 e. The number of benzene rings is 2. The number of anilines is 1. The summed E-state index contributed by atoms with van der Waals surface area (Å²) in [5.74, 6) is -0.194. The van der Waals surface area contributed by atoms with Crippen molar-refractivity contribution in [2.75, 3.05) is 25.0 Å². The number of aromatic nitrogens is 1. The topological polar surface area (TPSA) is 83.5 Å². The van der Waals surface area contributed by atoms with Gasteiger partial charge in [0.25, 0.3) is 0 Å². The molecule has 0 bridgehead atoms. The second-order valence-corrected chi connectivity index (χ2v) is 8.03. The number of hydrogen-bond donors (Lipinski definition) is 3. The predicted molar refractivity (Wildman–Crippen MR) is 121 cm³/mol. The molecule has 1 aromatic heterocycles. The number of amides is 1. The number of phenolic OH excluding ortho intramolecular Hbond substituents is 1. The highest BCUT2D eigenvalue weighted by molar-refractivity contribution is 7.18. The SMILES string of the molecule is O=C(COCc1ccc(F)cc1)NCCCCCNc1ncc(-c2ccccc2O)s1. The Morgan fingerprint density at radius 1 is 1.06 bits per heavy atom. The maximum absolute atomic E-state index is 12.8. The summed E-state index contributed by atoms with van der Waals surface area (Å²) in [4.78, 5) is 17.0. The van der Waals surface area contributed by atoms with Crippen molar-refractivity contribution in [1.82, 2.24) is 10.3 Å². The highest BCUT2D eigenvalue weighted by atomic mass is 32.1. The van der Waals surface area contributed by atoms with Gasteiger partial charge in [-0.2, -0.15) is 0 Å². The van der Waals surface area contributed by atoms with E-state index in [0.717, 1.165) is 46.9 Å². The summed E-state index contributed by atoms with van der Waals surface area (Å²) in [5, 5.41) is 16.9. The number of para-hydroxylation sites is 1. The number of carbonyl (C=O) groups excluding carboxylic acids is 1. The van der Waals surface area contributed by atoms with E-state index in [1.54, 1.807) is 30.5 Å². The van der Waals surface area contributed by atoms with Crippen molar-refractivity contribution in [1.29, 1.82) is 0 Å². The summed E-state index contributed by atoms with van der Waals surface area (Å²) in [6.07, 6.45) is 4.58. The molecule has 3 rings (SSSR count). The van der Waals surface area contributed by atoms with Gasteiger partial charge in [-0.15, -0.1) is 0 Å². The van der Waals surface area contributed by atoms with Crippen molar-refractivity contribution in [2.24, 2.45) is 0 Å². The molecule has 0 aliphatic heterocycles. The summed E-state index contributed by atoms with van der Waals surface area (Å²) < 4.78 is 18.2. The monoisotopic (exact) mass is 443 g/mol. The number of nitrogens with zero attached hydrogens (tertiary/aromatic N) is 1. The normalized spacial score (nSPS) is 10.7.